The third-order valence-corrected chi connectivity index (χ3v) is 2.42. The summed E-state index contributed by atoms with van der Waals surface area (Å²) >= 11 is 0. The highest BCUT2D eigenvalue weighted by Crippen LogP contribution is 2.23. The molecule has 0 unspecified atom stereocenters. The van der Waals surface area contributed by atoms with Gasteiger partial charge in [-0.15, -0.1) is 0 Å². The first-order chi connectivity index (χ1) is 6.24. The molecule has 72 valence electrons. The molecule has 0 aromatic heterocycles. The molecule has 2 N–H and O–H groups in total. The maximum Gasteiger partial charge on any atom is 0.00163 e. The summed E-state index contributed by atoms with van der Waals surface area (Å²) in [6, 6.07) is 10.9. The van der Waals surface area contributed by atoms with E-state index in [0.717, 1.165) is 6.42 Å². The van der Waals surface area contributed by atoms with Gasteiger partial charge in [-0.25, -0.2) is 0 Å². The second kappa shape index (κ2) is 5.03. The molecule has 0 aliphatic rings. The summed E-state index contributed by atoms with van der Waals surface area (Å²) in [5.74, 6) is 0.626. The van der Waals surface area contributed by atoms with E-state index in [0.29, 0.717) is 12.0 Å². The average Bonchev–Trinajstić information content (AvgIpc) is 2.15. The van der Waals surface area contributed by atoms with Gasteiger partial charge in [-0.2, -0.15) is 0 Å². The first-order valence-electron chi connectivity index (χ1n) is 5.04. The fourth-order valence-electron chi connectivity index (χ4n) is 1.71. The van der Waals surface area contributed by atoms with Crippen LogP contribution < -0.4 is 5.73 Å². The molecule has 0 saturated heterocycles. The first kappa shape index (κ1) is 10.3. The minimum absolute atomic E-state index is 0.296. The van der Waals surface area contributed by atoms with Crippen molar-refractivity contribution in [3.63, 3.8) is 0 Å². The van der Waals surface area contributed by atoms with Crippen molar-refractivity contribution in [2.45, 2.75) is 38.6 Å². The van der Waals surface area contributed by atoms with Crippen LogP contribution >= 0.6 is 0 Å². The summed E-state index contributed by atoms with van der Waals surface area (Å²) in [6.45, 7) is 4.30. The van der Waals surface area contributed by atoms with E-state index in [1.807, 2.05) is 0 Å². The molecule has 1 heteroatoms. The quantitative estimate of drug-likeness (QED) is 0.752. The van der Waals surface area contributed by atoms with E-state index >= 15 is 0 Å². The Bertz CT molecular complexity index is 228. The van der Waals surface area contributed by atoms with Gasteiger partial charge in [0.2, 0.25) is 0 Å². The van der Waals surface area contributed by atoms with Gasteiger partial charge in [0, 0.05) is 6.04 Å². The maximum atomic E-state index is 5.81. The number of hydrogen-bond donors (Lipinski definition) is 1. The molecule has 0 heterocycles. The fourth-order valence-corrected chi connectivity index (χ4v) is 1.71. The first-order valence-corrected chi connectivity index (χ1v) is 5.04. The lowest BCUT2D eigenvalue weighted by Crippen LogP contribution is -2.18. The Hall–Kier alpha value is -0.820. The second-order valence-corrected chi connectivity index (χ2v) is 3.73. The normalized spacial score (nSPS) is 15.3. The monoisotopic (exact) mass is 177 g/mol. The van der Waals surface area contributed by atoms with E-state index < -0.39 is 0 Å². The Labute approximate surface area is 81.0 Å². The summed E-state index contributed by atoms with van der Waals surface area (Å²) in [6.07, 6.45) is 2.26. The van der Waals surface area contributed by atoms with Crippen LogP contribution in [0.1, 0.15) is 38.2 Å². The second-order valence-electron chi connectivity index (χ2n) is 3.73. The highest BCUT2D eigenvalue weighted by Gasteiger charge is 2.10. The topological polar surface area (TPSA) is 26.0 Å². The van der Waals surface area contributed by atoms with Crippen molar-refractivity contribution in [1.82, 2.24) is 0 Å². The largest absolute Gasteiger partial charge is 0.328 e. The van der Waals surface area contributed by atoms with Crippen molar-refractivity contribution in [3.8, 4) is 0 Å². The number of benzene rings is 1. The van der Waals surface area contributed by atoms with Crippen molar-refractivity contribution in [2.24, 2.45) is 5.73 Å². The van der Waals surface area contributed by atoms with Crippen LogP contribution in [0.5, 0.6) is 0 Å². The van der Waals surface area contributed by atoms with E-state index in [4.69, 9.17) is 5.73 Å². The lowest BCUT2D eigenvalue weighted by Gasteiger charge is -2.17. The molecular weight excluding hydrogens is 158 g/mol. The summed E-state index contributed by atoms with van der Waals surface area (Å²) in [7, 11) is 0. The Morgan fingerprint density at radius 1 is 1.23 bits per heavy atom. The fraction of sp³-hybridized carbons (Fsp3) is 0.500. The minimum Gasteiger partial charge on any atom is -0.328 e. The molecule has 13 heavy (non-hydrogen) atoms. The van der Waals surface area contributed by atoms with Crippen LogP contribution in [0.2, 0.25) is 0 Å². The zero-order chi connectivity index (χ0) is 9.68. The third-order valence-electron chi connectivity index (χ3n) is 2.42. The molecule has 1 nitrogen and oxygen atoms in total. The van der Waals surface area contributed by atoms with Gasteiger partial charge in [-0.05, 0) is 31.2 Å². The zero-order valence-corrected chi connectivity index (χ0v) is 8.53. The smallest absolute Gasteiger partial charge is 0.00163 e. The highest BCUT2D eigenvalue weighted by atomic mass is 14.6. The van der Waals surface area contributed by atoms with Gasteiger partial charge in [0.25, 0.3) is 0 Å². The van der Waals surface area contributed by atoms with Crippen molar-refractivity contribution in [3.05, 3.63) is 35.9 Å². The third kappa shape index (κ3) is 3.19. The number of nitrogens with two attached hydrogens (primary N) is 1. The van der Waals surface area contributed by atoms with Crippen LogP contribution in [0.3, 0.4) is 0 Å². The van der Waals surface area contributed by atoms with E-state index in [-0.39, 0.29) is 0 Å². The molecule has 0 spiro atoms. The van der Waals surface area contributed by atoms with E-state index in [1.165, 1.54) is 12.0 Å². The Morgan fingerprint density at radius 3 is 2.31 bits per heavy atom. The Morgan fingerprint density at radius 2 is 1.85 bits per heavy atom. The molecule has 0 bridgehead atoms. The van der Waals surface area contributed by atoms with Gasteiger partial charge in [0.05, 0.1) is 0 Å². The molecule has 1 aromatic rings. The van der Waals surface area contributed by atoms with Crippen LogP contribution in [0.15, 0.2) is 30.3 Å². The molecule has 0 amide bonds. The molecule has 1 rings (SSSR count). The number of rotatable bonds is 4. The lowest BCUT2D eigenvalue weighted by atomic mass is 9.91. The van der Waals surface area contributed by atoms with E-state index in [2.05, 4.69) is 44.2 Å². The zero-order valence-electron chi connectivity index (χ0n) is 8.53. The predicted molar refractivity (Wildman–Crippen MR) is 57.7 cm³/mol. The van der Waals surface area contributed by atoms with E-state index in [9.17, 15) is 0 Å². The van der Waals surface area contributed by atoms with Gasteiger partial charge < -0.3 is 5.73 Å². The van der Waals surface area contributed by atoms with Gasteiger partial charge >= 0.3 is 0 Å². The van der Waals surface area contributed by atoms with Crippen LogP contribution in [0, 0.1) is 0 Å². The van der Waals surface area contributed by atoms with E-state index in [1.54, 1.807) is 0 Å². The number of hydrogen-bond acceptors (Lipinski definition) is 1. The average molecular weight is 177 g/mol. The summed E-state index contributed by atoms with van der Waals surface area (Å²) in [5.41, 5.74) is 7.23. The van der Waals surface area contributed by atoms with Crippen LogP contribution in [-0.2, 0) is 0 Å². The SMILES string of the molecule is CC[C@@H](C[C@@H](C)N)c1ccccc1. The van der Waals surface area contributed by atoms with Crippen molar-refractivity contribution < 1.29 is 0 Å². The summed E-state index contributed by atoms with van der Waals surface area (Å²) < 4.78 is 0. The standard InChI is InChI=1S/C12H19N/c1-3-11(9-10(2)13)12-7-5-4-6-8-12/h4-8,10-11H,3,9,13H2,1-2H3/t10-,11+/m1/s1. The summed E-state index contributed by atoms with van der Waals surface area (Å²) in [4.78, 5) is 0. The van der Waals surface area contributed by atoms with Gasteiger partial charge in [0.1, 0.15) is 0 Å². The lowest BCUT2D eigenvalue weighted by molar-refractivity contribution is 0.540. The summed E-state index contributed by atoms with van der Waals surface area (Å²) in [5, 5.41) is 0. The van der Waals surface area contributed by atoms with Crippen molar-refractivity contribution in [1.29, 1.82) is 0 Å². The van der Waals surface area contributed by atoms with Crippen LogP contribution in [0.4, 0.5) is 0 Å². The minimum atomic E-state index is 0.296. The molecule has 0 radical (unpaired) electrons. The molecular formula is C12H19N. The predicted octanol–water partition coefficient (Wildman–Crippen LogP) is 2.92. The molecule has 0 aliphatic heterocycles. The van der Waals surface area contributed by atoms with Crippen LogP contribution in [0.25, 0.3) is 0 Å². The van der Waals surface area contributed by atoms with Crippen LogP contribution in [-0.4, -0.2) is 6.04 Å². The molecule has 1 aromatic carbocycles. The van der Waals surface area contributed by atoms with Gasteiger partial charge in [0.15, 0.2) is 0 Å². The van der Waals surface area contributed by atoms with Gasteiger partial charge in [-0.3, -0.25) is 0 Å². The molecule has 2 atom stereocenters. The molecule has 0 fully saturated rings. The molecule has 0 saturated carbocycles. The van der Waals surface area contributed by atoms with Gasteiger partial charge in [-0.1, -0.05) is 37.3 Å². The molecule has 0 aliphatic carbocycles. The van der Waals surface area contributed by atoms with Crippen molar-refractivity contribution >= 4 is 0 Å². The highest BCUT2D eigenvalue weighted by molar-refractivity contribution is 5.19. The van der Waals surface area contributed by atoms with Crippen molar-refractivity contribution in [2.75, 3.05) is 0 Å². The Kier molecular flexibility index (Phi) is 3.97. The maximum absolute atomic E-state index is 5.81. The Balaban J connectivity index is 2.67.